The van der Waals surface area contributed by atoms with Crippen LogP contribution in [-0.4, -0.2) is 36.6 Å². The van der Waals surface area contributed by atoms with E-state index in [9.17, 15) is 0 Å². The van der Waals surface area contributed by atoms with E-state index >= 15 is 0 Å². The molecule has 3 rings (SSSR count). The second-order valence-corrected chi connectivity index (χ2v) is 5.01. The molecule has 0 bridgehead atoms. The fourth-order valence-corrected chi connectivity index (χ4v) is 2.80. The van der Waals surface area contributed by atoms with Crippen molar-refractivity contribution < 1.29 is 0 Å². The molecular formula is C13H16ClN3. The Kier molecular flexibility index (Phi) is 2.82. The van der Waals surface area contributed by atoms with E-state index < -0.39 is 0 Å². The van der Waals surface area contributed by atoms with E-state index in [1.165, 1.54) is 10.9 Å². The third-order valence-electron chi connectivity index (χ3n) is 3.57. The van der Waals surface area contributed by atoms with Crippen molar-refractivity contribution in [2.24, 2.45) is 0 Å². The van der Waals surface area contributed by atoms with Crippen molar-refractivity contribution in [3.63, 3.8) is 0 Å². The van der Waals surface area contributed by atoms with E-state index in [2.05, 4.69) is 34.5 Å². The number of fused-ring (bicyclic) bond motifs is 1. The van der Waals surface area contributed by atoms with Gasteiger partial charge in [-0.2, -0.15) is 0 Å². The molecule has 1 unspecified atom stereocenters. The van der Waals surface area contributed by atoms with Crippen LogP contribution in [0.1, 0.15) is 11.6 Å². The van der Waals surface area contributed by atoms with Crippen LogP contribution in [0.4, 0.5) is 0 Å². The number of nitrogens with zero attached hydrogens (tertiary/aromatic N) is 1. The van der Waals surface area contributed by atoms with Crippen LogP contribution in [-0.2, 0) is 0 Å². The van der Waals surface area contributed by atoms with Crippen LogP contribution in [0.2, 0.25) is 5.02 Å². The van der Waals surface area contributed by atoms with E-state index in [-0.39, 0.29) is 0 Å². The van der Waals surface area contributed by atoms with Crippen molar-refractivity contribution in [3.05, 3.63) is 35.0 Å². The van der Waals surface area contributed by atoms with Crippen molar-refractivity contribution in [1.29, 1.82) is 0 Å². The SMILES string of the molecule is CN1CCNCC1c1c[nH]c2c(Cl)cccc12. The molecule has 1 fully saturated rings. The summed E-state index contributed by atoms with van der Waals surface area (Å²) in [5.74, 6) is 0. The molecule has 0 aliphatic carbocycles. The molecule has 0 radical (unpaired) electrons. The summed E-state index contributed by atoms with van der Waals surface area (Å²) in [6.07, 6.45) is 2.09. The minimum absolute atomic E-state index is 0.427. The number of piperazine rings is 1. The third kappa shape index (κ3) is 1.84. The smallest absolute Gasteiger partial charge is 0.0647 e. The molecule has 17 heavy (non-hydrogen) atoms. The molecule has 2 heterocycles. The lowest BCUT2D eigenvalue weighted by Gasteiger charge is -2.33. The summed E-state index contributed by atoms with van der Waals surface area (Å²) in [7, 11) is 2.18. The van der Waals surface area contributed by atoms with Crippen LogP contribution in [0, 0.1) is 0 Å². The van der Waals surface area contributed by atoms with Crippen LogP contribution < -0.4 is 5.32 Å². The van der Waals surface area contributed by atoms with Crippen LogP contribution in [0.25, 0.3) is 10.9 Å². The number of halogens is 1. The van der Waals surface area contributed by atoms with Gasteiger partial charge in [-0.05, 0) is 18.7 Å². The number of aromatic nitrogens is 1. The predicted octanol–water partition coefficient (Wildman–Crippen LogP) is 2.40. The minimum atomic E-state index is 0.427. The van der Waals surface area contributed by atoms with Gasteiger partial charge in [0, 0.05) is 37.3 Å². The molecule has 0 saturated carbocycles. The predicted molar refractivity (Wildman–Crippen MR) is 71.5 cm³/mol. The number of para-hydroxylation sites is 1. The van der Waals surface area contributed by atoms with Gasteiger partial charge in [-0.25, -0.2) is 0 Å². The van der Waals surface area contributed by atoms with E-state index in [1.54, 1.807) is 0 Å². The lowest BCUT2D eigenvalue weighted by molar-refractivity contribution is 0.203. The molecule has 3 nitrogen and oxygen atoms in total. The zero-order valence-corrected chi connectivity index (χ0v) is 10.6. The summed E-state index contributed by atoms with van der Waals surface area (Å²) in [6, 6.07) is 6.50. The number of rotatable bonds is 1. The van der Waals surface area contributed by atoms with Gasteiger partial charge in [0.1, 0.15) is 0 Å². The Morgan fingerprint density at radius 1 is 1.41 bits per heavy atom. The molecule has 1 aromatic carbocycles. The van der Waals surface area contributed by atoms with Gasteiger partial charge in [0.2, 0.25) is 0 Å². The van der Waals surface area contributed by atoms with Gasteiger partial charge in [-0.1, -0.05) is 23.7 Å². The van der Waals surface area contributed by atoms with E-state index in [4.69, 9.17) is 11.6 Å². The summed E-state index contributed by atoms with van der Waals surface area (Å²) in [5, 5.41) is 5.47. The van der Waals surface area contributed by atoms with Crippen molar-refractivity contribution in [2.45, 2.75) is 6.04 Å². The molecular weight excluding hydrogens is 234 g/mol. The second-order valence-electron chi connectivity index (χ2n) is 4.61. The number of likely N-dealkylation sites (N-methyl/N-ethyl adjacent to an activating group) is 1. The largest absolute Gasteiger partial charge is 0.360 e. The van der Waals surface area contributed by atoms with Crippen molar-refractivity contribution in [3.8, 4) is 0 Å². The summed E-state index contributed by atoms with van der Waals surface area (Å²) >= 11 is 6.19. The average Bonchev–Trinajstić information content (AvgIpc) is 2.75. The third-order valence-corrected chi connectivity index (χ3v) is 3.88. The highest BCUT2D eigenvalue weighted by molar-refractivity contribution is 6.35. The van der Waals surface area contributed by atoms with Gasteiger partial charge in [0.15, 0.2) is 0 Å². The Morgan fingerprint density at radius 2 is 2.29 bits per heavy atom. The Labute approximate surface area is 106 Å². The number of hydrogen-bond acceptors (Lipinski definition) is 2. The van der Waals surface area contributed by atoms with Crippen molar-refractivity contribution in [2.75, 3.05) is 26.7 Å². The molecule has 1 aliphatic rings. The highest BCUT2D eigenvalue weighted by Crippen LogP contribution is 2.31. The Hall–Kier alpha value is -1.03. The second kappa shape index (κ2) is 4.33. The lowest BCUT2D eigenvalue weighted by atomic mass is 10.0. The Morgan fingerprint density at radius 3 is 3.12 bits per heavy atom. The number of nitrogens with one attached hydrogen (secondary N) is 2. The number of H-pyrrole nitrogens is 1. The van der Waals surface area contributed by atoms with E-state index in [0.717, 1.165) is 30.2 Å². The molecule has 2 N–H and O–H groups in total. The molecule has 1 saturated heterocycles. The first-order valence-corrected chi connectivity index (χ1v) is 6.31. The molecule has 4 heteroatoms. The summed E-state index contributed by atoms with van der Waals surface area (Å²) in [5.41, 5.74) is 2.38. The van der Waals surface area contributed by atoms with Crippen molar-refractivity contribution >= 4 is 22.5 Å². The molecule has 90 valence electrons. The first kappa shape index (κ1) is 11.1. The summed E-state index contributed by atoms with van der Waals surface area (Å²) in [4.78, 5) is 5.68. The van der Waals surface area contributed by atoms with Gasteiger partial charge in [0.05, 0.1) is 10.5 Å². The number of aromatic amines is 1. The maximum Gasteiger partial charge on any atom is 0.0647 e. The first-order valence-electron chi connectivity index (χ1n) is 5.94. The maximum absolute atomic E-state index is 6.19. The van der Waals surface area contributed by atoms with E-state index in [1.807, 2.05) is 12.1 Å². The maximum atomic E-state index is 6.19. The normalized spacial score (nSPS) is 22.1. The van der Waals surface area contributed by atoms with Crippen LogP contribution in [0.3, 0.4) is 0 Å². The standard InChI is InChI=1S/C13H16ClN3/c1-17-6-5-15-8-12(17)10-7-16-13-9(10)3-2-4-11(13)14/h2-4,7,12,15-16H,5-6,8H2,1H3. The fraction of sp³-hybridized carbons (Fsp3) is 0.385. The lowest BCUT2D eigenvalue weighted by Crippen LogP contribution is -2.43. The van der Waals surface area contributed by atoms with Crippen molar-refractivity contribution in [1.82, 2.24) is 15.2 Å². The van der Waals surface area contributed by atoms with Crippen LogP contribution in [0.15, 0.2) is 24.4 Å². The van der Waals surface area contributed by atoms with E-state index in [0.29, 0.717) is 6.04 Å². The highest BCUT2D eigenvalue weighted by Gasteiger charge is 2.23. The summed E-state index contributed by atoms with van der Waals surface area (Å²) in [6.45, 7) is 3.14. The average molecular weight is 250 g/mol. The first-order chi connectivity index (χ1) is 8.27. The number of benzene rings is 1. The van der Waals surface area contributed by atoms with Crippen LogP contribution >= 0.6 is 11.6 Å². The molecule has 2 aromatic rings. The van der Waals surface area contributed by atoms with Gasteiger partial charge >= 0.3 is 0 Å². The zero-order chi connectivity index (χ0) is 11.8. The fourth-order valence-electron chi connectivity index (χ4n) is 2.57. The molecule has 0 spiro atoms. The number of hydrogen-bond donors (Lipinski definition) is 2. The quantitative estimate of drug-likeness (QED) is 0.813. The molecule has 1 aliphatic heterocycles. The highest BCUT2D eigenvalue weighted by atomic mass is 35.5. The topological polar surface area (TPSA) is 31.1 Å². The molecule has 1 aromatic heterocycles. The zero-order valence-electron chi connectivity index (χ0n) is 9.83. The Bertz CT molecular complexity index is 534. The molecule has 0 amide bonds. The van der Waals surface area contributed by atoms with Gasteiger partial charge in [0.25, 0.3) is 0 Å². The van der Waals surface area contributed by atoms with Gasteiger partial charge < -0.3 is 10.3 Å². The van der Waals surface area contributed by atoms with Gasteiger partial charge in [-0.15, -0.1) is 0 Å². The monoisotopic (exact) mass is 249 g/mol. The van der Waals surface area contributed by atoms with Crippen LogP contribution in [0.5, 0.6) is 0 Å². The van der Waals surface area contributed by atoms with Gasteiger partial charge in [-0.3, -0.25) is 4.90 Å². The minimum Gasteiger partial charge on any atom is -0.360 e. The molecule has 1 atom stereocenters. The Balaban J connectivity index is 2.08. The summed E-state index contributed by atoms with van der Waals surface area (Å²) < 4.78 is 0.